The number of fused-ring (bicyclic) bond motifs is 1. The van der Waals surface area contributed by atoms with Gasteiger partial charge >= 0.3 is 0 Å². The lowest BCUT2D eigenvalue weighted by Crippen LogP contribution is -2.54. The maximum atomic E-state index is 12.8. The minimum absolute atomic E-state index is 0.116. The number of hydrogen-bond donors (Lipinski definition) is 2. The third-order valence-electron chi connectivity index (χ3n) is 5.96. The molecule has 7 nitrogen and oxygen atoms in total. The summed E-state index contributed by atoms with van der Waals surface area (Å²) in [5.74, 6) is -0.743. The van der Waals surface area contributed by atoms with Gasteiger partial charge in [-0.05, 0) is 37.5 Å². The second-order valence-corrected chi connectivity index (χ2v) is 7.92. The molecule has 7 heteroatoms. The molecule has 0 aliphatic carbocycles. The molecule has 1 unspecified atom stereocenters. The number of rotatable bonds is 3. The first kappa shape index (κ1) is 18.1. The van der Waals surface area contributed by atoms with E-state index in [1.54, 1.807) is 4.90 Å². The molecular formula is C20H26N4O3. The van der Waals surface area contributed by atoms with E-state index in [2.05, 4.69) is 35.4 Å². The Bertz CT molecular complexity index is 783. The van der Waals surface area contributed by atoms with Crippen LogP contribution in [-0.2, 0) is 22.7 Å². The molecule has 2 fully saturated rings. The van der Waals surface area contributed by atoms with Crippen molar-refractivity contribution in [3.63, 3.8) is 0 Å². The number of amides is 3. The number of piperazine rings is 1. The fraction of sp³-hybridized carbons (Fsp3) is 0.550. The van der Waals surface area contributed by atoms with E-state index in [9.17, 15) is 14.4 Å². The third kappa shape index (κ3) is 3.37. The van der Waals surface area contributed by atoms with Crippen LogP contribution in [0.1, 0.15) is 48.2 Å². The SMILES string of the molecule is C[C@@H]1CNC[C@H](C)N1Cc1ccc2c(c1)CN(C1CCC(=O)NC1=O)C2=O. The minimum Gasteiger partial charge on any atom is -0.322 e. The number of carbonyl (C=O) groups excluding carboxylic acids is 3. The molecule has 4 rings (SSSR count). The predicted octanol–water partition coefficient (Wildman–Crippen LogP) is 0.630. The van der Waals surface area contributed by atoms with E-state index in [0.29, 0.717) is 30.6 Å². The van der Waals surface area contributed by atoms with Gasteiger partial charge < -0.3 is 10.2 Å². The summed E-state index contributed by atoms with van der Waals surface area (Å²) in [7, 11) is 0. The van der Waals surface area contributed by atoms with Gasteiger partial charge in [-0.3, -0.25) is 24.6 Å². The summed E-state index contributed by atoms with van der Waals surface area (Å²) in [4.78, 5) is 40.4. The summed E-state index contributed by atoms with van der Waals surface area (Å²) < 4.78 is 0. The molecule has 27 heavy (non-hydrogen) atoms. The molecule has 2 saturated heterocycles. The molecule has 1 aromatic carbocycles. The maximum absolute atomic E-state index is 12.8. The van der Waals surface area contributed by atoms with Crippen LogP contribution in [0.4, 0.5) is 0 Å². The number of piperidine rings is 1. The van der Waals surface area contributed by atoms with E-state index in [0.717, 1.165) is 25.2 Å². The normalized spacial score (nSPS) is 29.0. The Morgan fingerprint density at radius 1 is 1.11 bits per heavy atom. The van der Waals surface area contributed by atoms with E-state index in [-0.39, 0.29) is 24.1 Å². The average molecular weight is 370 g/mol. The summed E-state index contributed by atoms with van der Waals surface area (Å²) >= 11 is 0. The number of benzene rings is 1. The van der Waals surface area contributed by atoms with Gasteiger partial charge in [0.25, 0.3) is 5.91 Å². The topological polar surface area (TPSA) is 81.8 Å². The molecule has 3 aliphatic rings. The minimum atomic E-state index is -0.556. The van der Waals surface area contributed by atoms with E-state index in [1.807, 2.05) is 12.1 Å². The maximum Gasteiger partial charge on any atom is 0.255 e. The van der Waals surface area contributed by atoms with Crippen LogP contribution >= 0.6 is 0 Å². The Kier molecular flexibility index (Phi) is 4.74. The molecule has 3 atom stereocenters. The van der Waals surface area contributed by atoms with Crippen molar-refractivity contribution < 1.29 is 14.4 Å². The van der Waals surface area contributed by atoms with Crippen molar-refractivity contribution in [2.45, 2.75) is 57.9 Å². The first-order valence-electron chi connectivity index (χ1n) is 9.67. The van der Waals surface area contributed by atoms with E-state index < -0.39 is 6.04 Å². The zero-order valence-corrected chi connectivity index (χ0v) is 15.8. The van der Waals surface area contributed by atoms with Crippen LogP contribution in [0.25, 0.3) is 0 Å². The Hall–Kier alpha value is -2.25. The van der Waals surface area contributed by atoms with Crippen molar-refractivity contribution in [1.29, 1.82) is 0 Å². The van der Waals surface area contributed by atoms with Crippen molar-refractivity contribution in [1.82, 2.24) is 20.4 Å². The molecule has 3 amide bonds. The standard InChI is InChI=1S/C20H26N4O3/c1-12-8-21-9-13(2)23(12)10-14-3-4-16-15(7-14)11-24(20(16)27)17-5-6-18(25)22-19(17)26/h3-4,7,12-13,17,21H,5-6,8-11H2,1-2H3,(H,22,25,26)/t12-,13+,17?. The number of hydrogen-bond acceptors (Lipinski definition) is 5. The lowest BCUT2D eigenvalue weighted by atomic mass is 10.0. The van der Waals surface area contributed by atoms with Crippen LogP contribution in [0.5, 0.6) is 0 Å². The largest absolute Gasteiger partial charge is 0.322 e. The molecule has 2 N–H and O–H groups in total. The van der Waals surface area contributed by atoms with Crippen molar-refractivity contribution >= 4 is 17.7 Å². The highest BCUT2D eigenvalue weighted by Crippen LogP contribution is 2.29. The molecule has 0 saturated carbocycles. The molecule has 0 radical (unpaired) electrons. The number of imide groups is 1. The summed E-state index contributed by atoms with van der Waals surface area (Å²) in [6.45, 7) is 7.70. The van der Waals surface area contributed by atoms with Gasteiger partial charge in [-0.15, -0.1) is 0 Å². The highest BCUT2D eigenvalue weighted by Gasteiger charge is 2.39. The number of carbonyl (C=O) groups is 3. The second-order valence-electron chi connectivity index (χ2n) is 7.92. The highest BCUT2D eigenvalue weighted by atomic mass is 16.2. The molecule has 0 spiro atoms. The van der Waals surface area contributed by atoms with Crippen molar-refractivity contribution in [2.24, 2.45) is 0 Å². The van der Waals surface area contributed by atoms with Gasteiger partial charge in [0.2, 0.25) is 11.8 Å². The van der Waals surface area contributed by atoms with E-state index in [1.165, 1.54) is 5.56 Å². The van der Waals surface area contributed by atoms with Crippen LogP contribution in [0.15, 0.2) is 18.2 Å². The van der Waals surface area contributed by atoms with Gasteiger partial charge in [-0.25, -0.2) is 0 Å². The Morgan fingerprint density at radius 3 is 2.56 bits per heavy atom. The van der Waals surface area contributed by atoms with Crippen molar-refractivity contribution in [3.05, 3.63) is 34.9 Å². The zero-order chi connectivity index (χ0) is 19.1. The van der Waals surface area contributed by atoms with E-state index >= 15 is 0 Å². The van der Waals surface area contributed by atoms with Gasteiger partial charge in [-0.1, -0.05) is 12.1 Å². The van der Waals surface area contributed by atoms with Crippen molar-refractivity contribution in [2.75, 3.05) is 13.1 Å². The average Bonchev–Trinajstić information content (AvgIpc) is 2.94. The van der Waals surface area contributed by atoms with Crippen LogP contribution < -0.4 is 10.6 Å². The fourth-order valence-corrected chi connectivity index (χ4v) is 4.42. The van der Waals surface area contributed by atoms with E-state index in [4.69, 9.17) is 0 Å². The van der Waals surface area contributed by atoms with Crippen LogP contribution in [0.3, 0.4) is 0 Å². The van der Waals surface area contributed by atoms with Gasteiger partial charge in [0, 0.05) is 50.2 Å². The lowest BCUT2D eigenvalue weighted by Gasteiger charge is -2.39. The van der Waals surface area contributed by atoms with Crippen molar-refractivity contribution in [3.8, 4) is 0 Å². The summed E-state index contributed by atoms with van der Waals surface area (Å²) in [5.41, 5.74) is 2.83. The molecule has 0 bridgehead atoms. The van der Waals surface area contributed by atoms with Gasteiger partial charge in [0.05, 0.1) is 0 Å². The highest BCUT2D eigenvalue weighted by molar-refractivity contribution is 6.05. The number of nitrogens with zero attached hydrogens (tertiary/aromatic N) is 2. The molecule has 3 heterocycles. The first-order chi connectivity index (χ1) is 12.9. The first-order valence-corrected chi connectivity index (χ1v) is 9.67. The molecule has 0 aromatic heterocycles. The van der Waals surface area contributed by atoms with Gasteiger partial charge in [-0.2, -0.15) is 0 Å². The molecule has 3 aliphatic heterocycles. The Labute approximate surface area is 159 Å². The molecule has 1 aromatic rings. The van der Waals surface area contributed by atoms with Crippen LogP contribution in [0.2, 0.25) is 0 Å². The predicted molar refractivity (Wildman–Crippen MR) is 99.8 cm³/mol. The third-order valence-corrected chi connectivity index (χ3v) is 5.96. The second kappa shape index (κ2) is 7.05. The quantitative estimate of drug-likeness (QED) is 0.763. The summed E-state index contributed by atoms with van der Waals surface area (Å²) in [5, 5.41) is 5.79. The Balaban J connectivity index is 1.51. The summed E-state index contributed by atoms with van der Waals surface area (Å²) in [6.07, 6.45) is 0.674. The molecule has 144 valence electrons. The van der Waals surface area contributed by atoms with Gasteiger partial charge in [0.15, 0.2) is 0 Å². The zero-order valence-electron chi connectivity index (χ0n) is 15.8. The number of nitrogens with one attached hydrogen (secondary N) is 2. The van der Waals surface area contributed by atoms with Crippen LogP contribution in [-0.4, -0.2) is 58.7 Å². The molecular weight excluding hydrogens is 344 g/mol. The van der Waals surface area contributed by atoms with Gasteiger partial charge in [0.1, 0.15) is 6.04 Å². The fourth-order valence-electron chi connectivity index (χ4n) is 4.42. The van der Waals surface area contributed by atoms with Crippen LogP contribution in [0, 0.1) is 0 Å². The monoisotopic (exact) mass is 370 g/mol. The lowest BCUT2D eigenvalue weighted by molar-refractivity contribution is -0.136. The Morgan fingerprint density at radius 2 is 1.85 bits per heavy atom. The summed E-state index contributed by atoms with van der Waals surface area (Å²) in [6, 6.07) is 6.37. The smallest absolute Gasteiger partial charge is 0.255 e.